The fraction of sp³-hybridized carbons (Fsp3) is 0.167. The fourth-order valence-electron chi connectivity index (χ4n) is 0.962. The molecule has 0 bridgehead atoms. The Hall–Kier alpha value is -0.710. The smallest absolute Gasteiger partial charge is 0.211 e. The Morgan fingerprint density at radius 3 is 2.83 bits per heavy atom. The summed E-state index contributed by atoms with van der Waals surface area (Å²) in [7, 11) is 0. The van der Waals surface area contributed by atoms with E-state index in [1.165, 1.54) is 0 Å². The number of halogens is 2. The number of hydrogen-bond acceptors (Lipinski definition) is 2. The fourth-order valence-corrected chi connectivity index (χ4v) is 0.962. The van der Waals surface area contributed by atoms with Crippen molar-refractivity contribution in [3.8, 4) is 0 Å². The maximum absolute atomic E-state index is 5.40. The maximum atomic E-state index is 5.40. The second kappa shape index (κ2) is 4.35. The summed E-state index contributed by atoms with van der Waals surface area (Å²) in [5.41, 5.74) is 6.40. The van der Waals surface area contributed by atoms with Gasteiger partial charge in [0.05, 0.1) is 0 Å². The minimum absolute atomic E-state index is 0. The van der Waals surface area contributed by atoms with Crippen LogP contribution in [-0.2, 0) is 6.54 Å². The second-order valence-electron chi connectivity index (χ2n) is 2.14. The summed E-state index contributed by atoms with van der Waals surface area (Å²) in [6.45, 7) is 0.531. The zero-order valence-corrected chi connectivity index (χ0v) is 7.86. The molecule has 6 heteroatoms. The van der Waals surface area contributed by atoms with Crippen LogP contribution in [0.2, 0.25) is 0 Å². The van der Waals surface area contributed by atoms with Crippen molar-refractivity contribution in [3.05, 3.63) is 24.3 Å². The number of hydrogen-bond donors (Lipinski definition) is 2. The quantitative estimate of drug-likeness (QED) is 0.734. The first kappa shape index (κ1) is 11.3. The van der Waals surface area contributed by atoms with Gasteiger partial charge in [-0.2, -0.15) is 0 Å². The van der Waals surface area contributed by atoms with E-state index in [2.05, 4.69) is 9.97 Å². The molecule has 68 valence electrons. The van der Waals surface area contributed by atoms with Crippen molar-refractivity contribution in [1.29, 1.82) is 0 Å². The Labute approximate surface area is 82.0 Å². The molecule has 2 heterocycles. The minimum atomic E-state index is 0. The van der Waals surface area contributed by atoms with Crippen molar-refractivity contribution in [2.75, 3.05) is 0 Å². The number of nitrogens with one attached hydrogen (secondary N) is 1. The van der Waals surface area contributed by atoms with Gasteiger partial charge >= 0.3 is 0 Å². The minimum Gasteiger partial charge on any atom is -0.326 e. The van der Waals surface area contributed by atoms with E-state index in [-0.39, 0.29) is 24.8 Å². The molecule has 0 aliphatic heterocycles. The third-order valence-corrected chi connectivity index (χ3v) is 1.46. The van der Waals surface area contributed by atoms with Gasteiger partial charge in [-0.05, 0) is 0 Å². The van der Waals surface area contributed by atoms with E-state index in [4.69, 9.17) is 5.73 Å². The van der Waals surface area contributed by atoms with Crippen LogP contribution in [0.4, 0.5) is 0 Å². The molecule has 0 amide bonds. The first-order chi connectivity index (χ1) is 4.90. The lowest BCUT2D eigenvalue weighted by atomic mass is 10.5. The molecular formula is C6H10Cl2N4. The average molecular weight is 209 g/mol. The number of aromatic amines is 1. The molecule has 0 radical (unpaired) electrons. The molecule has 2 aromatic heterocycles. The number of aromatic nitrogens is 3. The Morgan fingerprint density at radius 2 is 2.25 bits per heavy atom. The summed E-state index contributed by atoms with van der Waals surface area (Å²) in [6.07, 6.45) is 5.56. The summed E-state index contributed by atoms with van der Waals surface area (Å²) in [5.74, 6) is 0.848. The van der Waals surface area contributed by atoms with Gasteiger partial charge in [-0.3, -0.25) is 4.40 Å². The molecule has 0 fully saturated rings. The number of imidazole rings is 2. The molecule has 3 N–H and O–H groups in total. The molecule has 2 rings (SSSR count). The summed E-state index contributed by atoms with van der Waals surface area (Å²) in [4.78, 5) is 7.09. The van der Waals surface area contributed by atoms with E-state index < -0.39 is 0 Å². The number of nitrogens with zero attached hydrogens (tertiary/aromatic N) is 2. The van der Waals surface area contributed by atoms with E-state index in [1.54, 1.807) is 6.20 Å². The van der Waals surface area contributed by atoms with Gasteiger partial charge in [0.1, 0.15) is 0 Å². The van der Waals surface area contributed by atoms with Crippen molar-refractivity contribution in [2.45, 2.75) is 6.54 Å². The zero-order chi connectivity index (χ0) is 6.97. The average Bonchev–Trinajstić information content (AvgIpc) is 2.42. The van der Waals surface area contributed by atoms with Crippen molar-refractivity contribution in [1.82, 2.24) is 14.4 Å². The van der Waals surface area contributed by atoms with Crippen LogP contribution in [0.25, 0.3) is 5.78 Å². The number of fused-ring (bicyclic) bond motifs is 1. The molecule has 4 nitrogen and oxygen atoms in total. The third-order valence-electron chi connectivity index (χ3n) is 1.46. The van der Waals surface area contributed by atoms with Crippen LogP contribution in [0.5, 0.6) is 0 Å². The van der Waals surface area contributed by atoms with Gasteiger partial charge in [-0.15, -0.1) is 24.8 Å². The van der Waals surface area contributed by atoms with E-state index >= 15 is 0 Å². The number of rotatable bonds is 1. The first-order valence-corrected chi connectivity index (χ1v) is 3.11. The highest BCUT2D eigenvalue weighted by molar-refractivity contribution is 5.85. The van der Waals surface area contributed by atoms with Gasteiger partial charge in [0.2, 0.25) is 5.78 Å². The van der Waals surface area contributed by atoms with Crippen LogP contribution in [0.1, 0.15) is 5.69 Å². The normalized spacial score (nSPS) is 9.08. The van der Waals surface area contributed by atoms with Gasteiger partial charge in [-0.25, -0.2) is 4.98 Å². The van der Waals surface area contributed by atoms with Crippen LogP contribution in [0, 0.1) is 0 Å². The summed E-state index contributed by atoms with van der Waals surface area (Å²) in [5, 5.41) is 0. The molecule has 0 spiro atoms. The van der Waals surface area contributed by atoms with E-state index in [1.807, 2.05) is 16.8 Å². The van der Waals surface area contributed by atoms with E-state index in [9.17, 15) is 0 Å². The number of H-pyrrole nitrogens is 1. The lowest BCUT2D eigenvalue weighted by Gasteiger charge is -1.82. The second-order valence-corrected chi connectivity index (χ2v) is 2.14. The van der Waals surface area contributed by atoms with Crippen molar-refractivity contribution in [3.63, 3.8) is 0 Å². The summed E-state index contributed by atoms with van der Waals surface area (Å²) < 4.78 is 1.90. The van der Waals surface area contributed by atoms with E-state index in [0.717, 1.165) is 11.5 Å². The lowest BCUT2D eigenvalue weighted by molar-refractivity contribution is 1.01. The summed E-state index contributed by atoms with van der Waals surface area (Å²) in [6, 6.07) is 0. The monoisotopic (exact) mass is 208 g/mol. The predicted octanol–water partition coefficient (Wildman–Crippen LogP) is 0.965. The molecule has 0 saturated carbocycles. The third kappa shape index (κ3) is 1.72. The van der Waals surface area contributed by atoms with Crippen molar-refractivity contribution < 1.29 is 0 Å². The SMILES string of the molecule is Cl.Cl.NCc1cn2ccnc2[nH]1. The van der Waals surface area contributed by atoms with Gasteiger partial charge in [-0.1, -0.05) is 0 Å². The number of nitrogens with two attached hydrogens (primary N) is 1. The van der Waals surface area contributed by atoms with Crippen LogP contribution < -0.4 is 5.73 Å². The van der Waals surface area contributed by atoms with Crippen LogP contribution in [0.3, 0.4) is 0 Å². The predicted molar refractivity (Wildman–Crippen MR) is 51.9 cm³/mol. The highest BCUT2D eigenvalue weighted by Crippen LogP contribution is 2.00. The highest BCUT2D eigenvalue weighted by atomic mass is 35.5. The highest BCUT2D eigenvalue weighted by Gasteiger charge is 1.96. The van der Waals surface area contributed by atoms with Gasteiger partial charge in [0.15, 0.2) is 0 Å². The van der Waals surface area contributed by atoms with Crippen LogP contribution in [0.15, 0.2) is 18.6 Å². The molecule has 0 aliphatic carbocycles. The Bertz CT molecular complexity index is 311. The van der Waals surface area contributed by atoms with Crippen LogP contribution in [-0.4, -0.2) is 14.4 Å². The molecule has 12 heavy (non-hydrogen) atoms. The first-order valence-electron chi connectivity index (χ1n) is 3.11. The topological polar surface area (TPSA) is 59.1 Å². The van der Waals surface area contributed by atoms with Gasteiger partial charge in [0.25, 0.3) is 0 Å². The molecule has 0 aromatic carbocycles. The Morgan fingerprint density at radius 1 is 1.50 bits per heavy atom. The zero-order valence-electron chi connectivity index (χ0n) is 6.23. The van der Waals surface area contributed by atoms with E-state index in [0.29, 0.717) is 6.54 Å². The maximum Gasteiger partial charge on any atom is 0.211 e. The van der Waals surface area contributed by atoms with Gasteiger partial charge in [0, 0.05) is 30.8 Å². The Balaban J connectivity index is 0.000000605. The molecule has 0 aliphatic rings. The molecule has 0 saturated heterocycles. The molecule has 2 aromatic rings. The molecule has 0 unspecified atom stereocenters. The standard InChI is InChI=1S/C6H8N4.2ClH/c7-3-5-4-10-2-1-8-6(10)9-5;;/h1-2,4H,3,7H2,(H,8,9);2*1H. The summed E-state index contributed by atoms with van der Waals surface area (Å²) >= 11 is 0. The van der Waals surface area contributed by atoms with Crippen LogP contribution >= 0.6 is 24.8 Å². The molecular weight excluding hydrogens is 199 g/mol. The Kier molecular flexibility index (Phi) is 4.09. The van der Waals surface area contributed by atoms with Crippen molar-refractivity contribution >= 4 is 30.6 Å². The lowest BCUT2D eigenvalue weighted by Crippen LogP contribution is -1.95. The largest absolute Gasteiger partial charge is 0.326 e. The van der Waals surface area contributed by atoms with Gasteiger partial charge < -0.3 is 10.7 Å². The molecule has 0 atom stereocenters. The van der Waals surface area contributed by atoms with Crippen molar-refractivity contribution in [2.24, 2.45) is 5.73 Å².